The second-order valence-corrected chi connectivity index (χ2v) is 5.78. The summed E-state index contributed by atoms with van der Waals surface area (Å²) in [6.45, 7) is 13.2. The lowest BCUT2D eigenvalue weighted by Crippen LogP contribution is -2.10. The summed E-state index contributed by atoms with van der Waals surface area (Å²) in [4.78, 5) is 3.55. The molecule has 1 heterocycles. The van der Waals surface area contributed by atoms with Gasteiger partial charge < -0.3 is 10.3 Å². The number of benzene rings is 1. The van der Waals surface area contributed by atoms with Gasteiger partial charge in [0.15, 0.2) is 0 Å². The van der Waals surface area contributed by atoms with Gasteiger partial charge in [-0.1, -0.05) is 19.9 Å². The zero-order chi connectivity index (χ0) is 13.4. The third-order valence-corrected chi connectivity index (χ3v) is 3.55. The van der Waals surface area contributed by atoms with Crippen LogP contribution < -0.4 is 5.32 Å². The Bertz CT molecular complexity index is 562. The third-order valence-electron chi connectivity index (χ3n) is 3.55. The number of anilines is 1. The van der Waals surface area contributed by atoms with Gasteiger partial charge in [-0.2, -0.15) is 0 Å². The van der Waals surface area contributed by atoms with Gasteiger partial charge in [0.05, 0.1) is 5.52 Å². The quantitative estimate of drug-likeness (QED) is 0.802. The fourth-order valence-corrected chi connectivity index (χ4v) is 2.52. The zero-order valence-corrected chi connectivity index (χ0v) is 12.3. The Morgan fingerprint density at radius 3 is 2.28 bits per heavy atom. The maximum Gasteiger partial charge on any atom is 0.0514 e. The number of fused-ring (bicyclic) bond motifs is 1. The van der Waals surface area contributed by atoms with Crippen molar-refractivity contribution < 1.29 is 0 Å². The largest absolute Gasteiger partial charge is 0.382 e. The van der Waals surface area contributed by atoms with Crippen molar-refractivity contribution in [2.75, 3.05) is 5.32 Å². The molecular weight excluding hydrogens is 220 g/mol. The molecule has 2 N–H and O–H groups in total. The minimum absolute atomic E-state index is 0.452. The molecule has 1 aromatic heterocycles. The van der Waals surface area contributed by atoms with E-state index in [0.717, 1.165) is 0 Å². The van der Waals surface area contributed by atoms with Gasteiger partial charge in [-0.3, -0.25) is 0 Å². The Morgan fingerprint density at radius 2 is 1.72 bits per heavy atom. The van der Waals surface area contributed by atoms with E-state index >= 15 is 0 Å². The van der Waals surface area contributed by atoms with Crippen molar-refractivity contribution in [3.05, 3.63) is 29.0 Å². The van der Waals surface area contributed by atoms with Gasteiger partial charge in [0.1, 0.15) is 0 Å². The molecule has 0 saturated carbocycles. The van der Waals surface area contributed by atoms with Crippen molar-refractivity contribution in [3.8, 4) is 0 Å². The number of aromatic nitrogens is 1. The molecule has 0 aliphatic heterocycles. The van der Waals surface area contributed by atoms with E-state index in [-0.39, 0.29) is 0 Å². The van der Waals surface area contributed by atoms with Crippen molar-refractivity contribution >= 4 is 16.6 Å². The summed E-state index contributed by atoms with van der Waals surface area (Å²) < 4.78 is 0. The molecule has 0 spiro atoms. The summed E-state index contributed by atoms with van der Waals surface area (Å²) in [6.07, 6.45) is 0. The first-order valence-corrected chi connectivity index (χ1v) is 6.80. The number of aromatic amines is 1. The third kappa shape index (κ3) is 2.12. The van der Waals surface area contributed by atoms with Crippen LogP contribution in [0.5, 0.6) is 0 Å². The standard InChI is InChI=1S/C16H24N2/c1-9(2)13-7-8-14(17-10(3)4)15-11(5)12(6)18-16(13)15/h7-10,17-18H,1-6H3. The molecule has 18 heavy (non-hydrogen) atoms. The zero-order valence-electron chi connectivity index (χ0n) is 12.3. The first-order valence-electron chi connectivity index (χ1n) is 6.80. The van der Waals surface area contributed by atoms with Crippen molar-refractivity contribution in [1.82, 2.24) is 4.98 Å². The van der Waals surface area contributed by atoms with E-state index in [1.54, 1.807) is 0 Å². The van der Waals surface area contributed by atoms with Crippen LogP contribution in [-0.4, -0.2) is 11.0 Å². The Hall–Kier alpha value is -1.44. The van der Waals surface area contributed by atoms with Crippen LogP contribution in [0.2, 0.25) is 0 Å². The number of nitrogens with one attached hydrogen (secondary N) is 2. The Labute approximate surface area is 110 Å². The maximum atomic E-state index is 3.55. The molecule has 0 aliphatic rings. The predicted molar refractivity (Wildman–Crippen MR) is 80.6 cm³/mol. The molecule has 2 rings (SSSR count). The van der Waals surface area contributed by atoms with Crippen LogP contribution in [0.3, 0.4) is 0 Å². The number of hydrogen-bond donors (Lipinski definition) is 2. The Kier molecular flexibility index (Phi) is 3.38. The maximum absolute atomic E-state index is 3.55. The van der Waals surface area contributed by atoms with Gasteiger partial charge in [-0.15, -0.1) is 0 Å². The van der Waals surface area contributed by atoms with Crippen LogP contribution >= 0.6 is 0 Å². The molecule has 0 radical (unpaired) electrons. The second kappa shape index (κ2) is 4.68. The SMILES string of the molecule is Cc1[nH]c2c(C(C)C)ccc(NC(C)C)c2c1C. The van der Waals surface area contributed by atoms with E-state index in [1.807, 2.05) is 0 Å². The highest BCUT2D eigenvalue weighted by atomic mass is 14.9. The van der Waals surface area contributed by atoms with Crippen LogP contribution in [-0.2, 0) is 0 Å². The van der Waals surface area contributed by atoms with Crippen LogP contribution in [0.25, 0.3) is 10.9 Å². The summed E-state index contributed by atoms with van der Waals surface area (Å²) in [5.41, 5.74) is 6.56. The van der Waals surface area contributed by atoms with Crippen LogP contribution in [0, 0.1) is 13.8 Å². The minimum atomic E-state index is 0.452. The van der Waals surface area contributed by atoms with Gasteiger partial charge in [-0.05, 0) is 50.8 Å². The lowest BCUT2D eigenvalue weighted by atomic mass is 9.98. The fraction of sp³-hybridized carbons (Fsp3) is 0.500. The number of aryl methyl sites for hydroxylation is 2. The highest BCUT2D eigenvalue weighted by Gasteiger charge is 2.14. The molecule has 2 nitrogen and oxygen atoms in total. The first kappa shape index (κ1) is 13.0. The van der Waals surface area contributed by atoms with E-state index in [0.29, 0.717) is 12.0 Å². The highest BCUT2D eigenvalue weighted by Crippen LogP contribution is 2.34. The highest BCUT2D eigenvalue weighted by molar-refractivity contribution is 5.98. The smallest absolute Gasteiger partial charge is 0.0514 e. The van der Waals surface area contributed by atoms with Gasteiger partial charge in [0.2, 0.25) is 0 Å². The molecule has 0 bridgehead atoms. The summed E-state index contributed by atoms with van der Waals surface area (Å²) in [5, 5.41) is 4.90. The number of hydrogen-bond acceptors (Lipinski definition) is 1. The molecule has 2 aromatic rings. The molecule has 0 saturated heterocycles. The lowest BCUT2D eigenvalue weighted by Gasteiger charge is -2.15. The summed E-state index contributed by atoms with van der Waals surface area (Å²) >= 11 is 0. The van der Waals surface area contributed by atoms with Crippen LogP contribution in [0.15, 0.2) is 12.1 Å². The predicted octanol–water partition coefficient (Wildman–Crippen LogP) is 4.73. The van der Waals surface area contributed by atoms with Gasteiger partial charge in [-0.25, -0.2) is 0 Å². The molecule has 0 fully saturated rings. The van der Waals surface area contributed by atoms with Crippen LogP contribution in [0.1, 0.15) is 50.4 Å². The molecule has 98 valence electrons. The average Bonchev–Trinajstić information content (AvgIpc) is 2.55. The normalized spacial score (nSPS) is 11.8. The molecule has 0 aliphatic carbocycles. The molecule has 0 atom stereocenters. The summed E-state index contributed by atoms with van der Waals surface area (Å²) in [6, 6.07) is 4.91. The average molecular weight is 244 g/mol. The topological polar surface area (TPSA) is 27.8 Å². The fourth-order valence-electron chi connectivity index (χ4n) is 2.52. The van der Waals surface area contributed by atoms with Crippen molar-refractivity contribution in [1.29, 1.82) is 0 Å². The van der Waals surface area contributed by atoms with E-state index in [4.69, 9.17) is 0 Å². The minimum Gasteiger partial charge on any atom is -0.382 e. The monoisotopic (exact) mass is 244 g/mol. The molecule has 0 amide bonds. The van der Waals surface area contributed by atoms with Gasteiger partial charge in [0, 0.05) is 22.8 Å². The van der Waals surface area contributed by atoms with Crippen LogP contribution in [0.4, 0.5) is 5.69 Å². The lowest BCUT2D eigenvalue weighted by molar-refractivity contribution is 0.871. The van der Waals surface area contributed by atoms with Crippen molar-refractivity contribution in [2.24, 2.45) is 0 Å². The summed E-state index contributed by atoms with van der Waals surface area (Å²) in [5.74, 6) is 0.540. The Morgan fingerprint density at radius 1 is 1.06 bits per heavy atom. The molecule has 2 heteroatoms. The number of H-pyrrole nitrogens is 1. The van der Waals surface area contributed by atoms with Gasteiger partial charge in [0.25, 0.3) is 0 Å². The summed E-state index contributed by atoms with van der Waals surface area (Å²) in [7, 11) is 0. The van der Waals surface area contributed by atoms with E-state index in [9.17, 15) is 0 Å². The van der Waals surface area contributed by atoms with Crippen molar-refractivity contribution in [2.45, 2.75) is 53.5 Å². The second-order valence-electron chi connectivity index (χ2n) is 5.78. The van der Waals surface area contributed by atoms with Crippen molar-refractivity contribution in [3.63, 3.8) is 0 Å². The van der Waals surface area contributed by atoms with E-state index in [2.05, 4.69) is 64.0 Å². The molecule has 1 aromatic carbocycles. The first-order chi connectivity index (χ1) is 8.41. The van der Waals surface area contributed by atoms with Gasteiger partial charge >= 0.3 is 0 Å². The van der Waals surface area contributed by atoms with E-state index in [1.165, 1.54) is 33.4 Å². The number of rotatable bonds is 3. The van der Waals surface area contributed by atoms with E-state index < -0.39 is 0 Å². The Balaban J connectivity index is 2.72. The molecule has 0 unspecified atom stereocenters. The molecular formula is C16H24N2.